The van der Waals surface area contributed by atoms with Gasteiger partial charge in [-0.25, -0.2) is 9.78 Å². The topological polar surface area (TPSA) is 125 Å². The first-order valence-corrected chi connectivity index (χ1v) is 5.87. The van der Waals surface area contributed by atoms with Crippen LogP contribution in [0.4, 0.5) is 11.5 Å². The highest BCUT2D eigenvalue weighted by Crippen LogP contribution is 2.18. The molecule has 1 amide bonds. The third-order valence-electron chi connectivity index (χ3n) is 2.83. The van der Waals surface area contributed by atoms with Crippen LogP contribution in [0.15, 0.2) is 30.3 Å². The Kier molecular flexibility index (Phi) is 3.70. The molecule has 8 nitrogen and oxygen atoms in total. The number of carboxylic acids is 1. The summed E-state index contributed by atoms with van der Waals surface area (Å²) < 4.78 is 0. The van der Waals surface area contributed by atoms with E-state index >= 15 is 0 Å². The number of rotatable bonds is 4. The summed E-state index contributed by atoms with van der Waals surface area (Å²) in [6.45, 7) is 1.65. The van der Waals surface area contributed by atoms with Gasteiger partial charge in [-0.15, -0.1) is 0 Å². The number of hydrogen-bond donors (Lipinski definition) is 3. The van der Waals surface area contributed by atoms with Crippen molar-refractivity contribution in [1.82, 2.24) is 4.98 Å². The maximum Gasteiger partial charge on any atom is 0.335 e. The van der Waals surface area contributed by atoms with Gasteiger partial charge in [-0.05, 0) is 41.7 Å². The van der Waals surface area contributed by atoms with Crippen molar-refractivity contribution in [2.45, 2.75) is 6.92 Å². The van der Waals surface area contributed by atoms with E-state index in [9.17, 15) is 19.7 Å². The number of H-pyrrole nitrogens is 1. The van der Waals surface area contributed by atoms with Gasteiger partial charge in [0, 0.05) is 11.8 Å². The van der Waals surface area contributed by atoms with Crippen LogP contribution < -0.4 is 5.32 Å². The lowest BCUT2D eigenvalue weighted by molar-refractivity contribution is -0.389. The lowest BCUT2D eigenvalue weighted by atomic mass is 10.1. The molecule has 1 heterocycles. The van der Waals surface area contributed by atoms with Gasteiger partial charge in [0.2, 0.25) is 0 Å². The van der Waals surface area contributed by atoms with Crippen LogP contribution >= 0.6 is 0 Å². The number of aromatic amines is 1. The number of carbonyl (C=O) groups is 2. The predicted octanol–water partition coefficient (Wildman–Crippen LogP) is 2.18. The van der Waals surface area contributed by atoms with Crippen molar-refractivity contribution in [2.24, 2.45) is 0 Å². The Labute approximate surface area is 118 Å². The summed E-state index contributed by atoms with van der Waals surface area (Å²) >= 11 is 0. The van der Waals surface area contributed by atoms with Gasteiger partial charge in [0.1, 0.15) is 0 Å². The molecule has 108 valence electrons. The molecule has 0 aliphatic rings. The quantitative estimate of drug-likeness (QED) is 0.587. The monoisotopic (exact) mass is 289 g/mol. The van der Waals surface area contributed by atoms with E-state index in [0.717, 1.165) is 0 Å². The van der Waals surface area contributed by atoms with Crippen molar-refractivity contribution >= 4 is 23.4 Å². The minimum absolute atomic E-state index is 0.0448. The van der Waals surface area contributed by atoms with Gasteiger partial charge < -0.3 is 20.5 Å². The Bertz CT molecular complexity index is 735. The summed E-state index contributed by atoms with van der Waals surface area (Å²) in [6.07, 6.45) is 0. The van der Waals surface area contributed by atoms with E-state index in [1.807, 2.05) is 0 Å². The smallest absolute Gasteiger partial charge is 0.335 e. The Morgan fingerprint density at radius 1 is 1.29 bits per heavy atom. The highest BCUT2D eigenvalue weighted by Gasteiger charge is 2.16. The molecule has 0 radical (unpaired) electrons. The number of nitro groups is 1. The lowest BCUT2D eigenvalue weighted by Crippen LogP contribution is -2.13. The van der Waals surface area contributed by atoms with Crippen LogP contribution in [-0.2, 0) is 0 Å². The van der Waals surface area contributed by atoms with Gasteiger partial charge in [-0.1, -0.05) is 0 Å². The van der Waals surface area contributed by atoms with E-state index in [0.29, 0.717) is 11.3 Å². The fourth-order valence-electron chi connectivity index (χ4n) is 1.75. The first-order valence-electron chi connectivity index (χ1n) is 5.87. The van der Waals surface area contributed by atoms with E-state index in [4.69, 9.17) is 5.11 Å². The first-order chi connectivity index (χ1) is 9.88. The fourth-order valence-corrected chi connectivity index (χ4v) is 1.75. The highest BCUT2D eigenvalue weighted by molar-refractivity contribution is 6.04. The van der Waals surface area contributed by atoms with Gasteiger partial charge in [0.05, 0.1) is 5.56 Å². The Morgan fingerprint density at radius 2 is 2.00 bits per heavy atom. The second kappa shape index (κ2) is 5.45. The van der Waals surface area contributed by atoms with Crippen LogP contribution in [0.25, 0.3) is 0 Å². The Balaban J connectivity index is 2.19. The third-order valence-corrected chi connectivity index (χ3v) is 2.83. The molecule has 0 aliphatic heterocycles. The normalized spacial score (nSPS) is 10.1. The van der Waals surface area contributed by atoms with Gasteiger partial charge >= 0.3 is 11.8 Å². The van der Waals surface area contributed by atoms with E-state index in [2.05, 4.69) is 10.3 Å². The number of aromatic nitrogens is 1. The lowest BCUT2D eigenvalue weighted by Gasteiger charge is -2.07. The molecule has 0 saturated heterocycles. The van der Waals surface area contributed by atoms with Gasteiger partial charge in [0.25, 0.3) is 5.91 Å². The van der Waals surface area contributed by atoms with Crippen molar-refractivity contribution in [2.75, 3.05) is 5.32 Å². The number of benzene rings is 1. The average Bonchev–Trinajstić information content (AvgIpc) is 2.90. The molecular formula is C13H11N3O5. The number of aromatic carboxylic acids is 1. The van der Waals surface area contributed by atoms with Crippen molar-refractivity contribution < 1.29 is 19.6 Å². The Morgan fingerprint density at radius 3 is 2.52 bits per heavy atom. The van der Waals surface area contributed by atoms with Gasteiger partial charge in [-0.3, -0.25) is 4.79 Å². The summed E-state index contributed by atoms with van der Waals surface area (Å²) in [4.78, 5) is 35.0. The highest BCUT2D eigenvalue weighted by atomic mass is 16.6. The number of carboxylic acid groups (broad SMARTS) is 1. The van der Waals surface area contributed by atoms with Crippen molar-refractivity contribution in [3.63, 3.8) is 0 Å². The molecule has 0 bridgehead atoms. The molecule has 0 fully saturated rings. The number of nitrogens with one attached hydrogen (secondary N) is 2. The largest absolute Gasteiger partial charge is 0.478 e. The zero-order chi connectivity index (χ0) is 15.6. The fraction of sp³-hybridized carbons (Fsp3) is 0.0769. The van der Waals surface area contributed by atoms with Crippen LogP contribution in [0, 0.1) is 17.0 Å². The first kappa shape index (κ1) is 14.3. The van der Waals surface area contributed by atoms with Crippen molar-refractivity contribution in [1.29, 1.82) is 0 Å². The van der Waals surface area contributed by atoms with Crippen LogP contribution in [-0.4, -0.2) is 26.9 Å². The molecule has 2 aromatic rings. The van der Waals surface area contributed by atoms with E-state index in [-0.39, 0.29) is 17.1 Å². The minimum Gasteiger partial charge on any atom is -0.478 e. The van der Waals surface area contributed by atoms with Crippen LogP contribution in [0.5, 0.6) is 0 Å². The molecule has 1 aromatic heterocycles. The molecule has 0 unspecified atom stereocenters. The molecule has 2 rings (SSSR count). The molecule has 21 heavy (non-hydrogen) atoms. The maximum atomic E-state index is 11.9. The standard InChI is InChI=1S/C13H11N3O5/c1-7-6-8(13(18)19)2-3-9(7)15-12(17)10-4-5-11(14-10)16(20)21/h2-6,14H,1H3,(H,15,17)(H,18,19). The van der Waals surface area contributed by atoms with Crippen LogP contribution in [0.1, 0.15) is 26.4 Å². The van der Waals surface area contributed by atoms with Crippen LogP contribution in [0.3, 0.4) is 0 Å². The summed E-state index contributed by atoms with van der Waals surface area (Å²) in [5.74, 6) is -1.89. The average molecular weight is 289 g/mol. The molecule has 0 spiro atoms. The van der Waals surface area contributed by atoms with E-state index in [1.165, 1.54) is 30.3 Å². The van der Waals surface area contributed by atoms with Gasteiger partial charge in [-0.2, -0.15) is 0 Å². The molecule has 0 aliphatic carbocycles. The molecule has 0 atom stereocenters. The summed E-state index contributed by atoms with van der Waals surface area (Å²) in [6, 6.07) is 6.75. The zero-order valence-electron chi connectivity index (χ0n) is 10.9. The second-order valence-electron chi connectivity index (χ2n) is 4.30. The summed E-state index contributed by atoms with van der Waals surface area (Å²) in [7, 11) is 0. The Hall–Kier alpha value is -3.16. The summed E-state index contributed by atoms with van der Waals surface area (Å²) in [5.41, 5.74) is 1.16. The summed E-state index contributed by atoms with van der Waals surface area (Å²) in [5, 5.41) is 22.0. The minimum atomic E-state index is -1.06. The van der Waals surface area contributed by atoms with Crippen molar-refractivity contribution in [3.8, 4) is 0 Å². The number of nitrogens with zero attached hydrogens (tertiary/aromatic N) is 1. The number of anilines is 1. The maximum absolute atomic E-state index is 11.9. The molecule has 0 saturated carbocycles. The second-order valence-corrected chi connectivity index (χ2v) is 4.30. The zero-order valence-corrected chi connectivity index (χ0v) is 10.9. The number of aryl methyl sites for hydroxylation is 1. The van der Waals surface area contributed by atoms with Crippen LogP contribution in [0.2, 0.25) is 0 Å². The number of amides is 1. The predicted molar refractivity (Wildman–Crippen MR) is 73.5 cm³/mol. The number of carbonyl (C=O) groups excluding carboxylic acids is 1. The molecule has 3 N–H and O–H groups in total. The SMILES string of the molecule is Cc1cc(C(=O)O)ccc1NC(=O)c1ccc([N+](=O)[O-])[nH]1. The van der Waals surface area contributed by atoms with E-state index in [1.54, 1.807) is 6.92 Å². The van der Waals surface area contributed by atoms with Gasteiger partial charge in [0.15, 0.2) is 5.69 Å². The van der Waals surface area contributed by atoms with E-state index < -0.39 is 16.8 Å². The molecule has 8 heteroatoms. The number of hydrogen-bond acceptors (Lipinski definition) is 4. The van der Waals surface area contributed by atoms with Crippen molar-refractivity contribution in [3.05, 3.63) is 57.3 Å². The third kappa shape index (κ3) is 3.06. The molecule has 1 aromatic carbocycles. The molecular weight excluding hydrogens is 278 g/mol.